The highest BCUT2D eigenvalue weighted by Gasteiger charge is 2.11. The van der Waals surface area contributed by atoms with E-state index in [1.165, 1.54) is 0 Å². The Morgan fingerprint density at radius 2 is 1.65 bits per heavy atom. The summed E-state index contributed by atoms with van der Waals surface area (Å²) in [5.41, 5.74) is 5.91. The highest BCUT2D eigenvalue weighted by molar-refractivity contribution is 5.92. The molecule has 0 radical (unpaired) electrons. The van der Waals surface area contributed by atoms with Gasteiger partial charge in [-0.3, -0.25) is 0 Å². The molecule has 0 bridgehead atoms. The maximum Gasteiger partial charge on any atom is 0.193 e. The van der Waals surface area contributed by atoms with Crippen LogP contribution in [0.5, 0.6) is 0 Å². The minimum Gasteiger partial charge on any atom is -0.370 e. The third-order valence-electron chi connectivity index (χ3n) is 2.53. The van der Waals surface area contributed by atoms with Gasteiger partial charge in [-0.05, 0) is 5.56 Å². The van der Waals surface area contributed by atoms with Crippen LogP contribution in [-0.2, 0) is 6.54 Å². The number of halogens is 3. The standard InChI is InChI=1S/C14H12F3N3/c15-10-6-11(16)13(12(17)7-10)20-14(18)19-8-9-4-2-1-3-5-9/h1-7H,8H2,(H3,18,19,20). The molecule has 3 nitrogen and oxygen atoms in total. The molecule has 0 aromatic heterocycles. The van der Waals surface area contributed by atoms with Crippen molar-refractivity contribution >= 4 is 11.6 Å². The Hall–Kier alpha value is -2.50. The molecule has 0 fully saturated rings. The van der Waals surface area contributed by atoms with Gasteiger partial charge >= 0.3 is 0 Å². The maximum absolute atomic E-state index is 13.4. The molecule has 3 N–H and O–H groups in total. The van der Waals surface area contributed by atoms with Crippen LogP contribution in [0.4, 0.5) is 18.9 Å². The predicted octanol–water partition coefficient (Wildman–Crippen LogP) is 3.03. The highest BCUT2D eigenvalue weighted by atomic mass is 19.1. The van der Waals surface area contributed by atoms with Gasteiger partial charge in [0, 0.05) is 12.1 Å². The van der Waals surface area contributed by atoms with Crippen molar-refractivity contribution in [3.8, 4) is 0 Å². The van der Waals surface area contributed by atoms with Crippen molar-refractivity contribution in [1.29, 1.82) is 0 Å². The number of anilines is 1. The first-order valence-electron chi connectivity index (χ1n) is 5.81. The Bertz CT molecular complexity index is 604. The van der Waals surface area contributed by atoms with Gasteiger partial charge in [-0.2, -0.15) is 0 Å². The first kappa shape index (κ1) is 13.9. The number of aliphatic imine (C=N–C) groups is 1. The van der Waals surface area contributed by atoms with Gasteiger partial charge in [0.1, 0.15) is 11.5 Å². The lowest BCUT2D eigenvalue weighted by Gasteiger charge is -2.08. The zero-order chi connectivity index (χ0) is 14.5. The van der Waals surface area contributed by atoms with Crippen molar-refractivity contribution in [3.63, 3.8) is 0 Å². The van der Waals surface area contributed by atoms with Crippen LogP contribution < -0.4 is 11.1 Å². The summed E-state index contributed by atoms with van der Waals surface area (Å²) in [5, 5.41) is 2.29. The largest absolute Gasteiger partial charge is 0.370 e. The van der Waals surface area contributed by atoms with Gasteiger partial charge in [0.05, 0.1) is 6.54 Å². The molecule has 2 aromatic rings. The van der Waals surface area contributed by atoms with Crippen LogP contribution in [0.25, 0.3) is 0 Å². The van der Waals surface area contributed by atoms with E-state index >= 15 is 0 Å². The zero-order valence-electron chi connectivity index (χ0n) is 10.4. The Balaban J connectivity index is 2.10. The van der Waals surface area contributed by atoms with Crippen LogP contribution in [0.15, 0.2) is 47.5 Å². The average Bonchev–Trinajstić information content (AvgIpc) is 2.42. The molecule has 2 aromatic carbocycles. The fourth-order valence-corrected chi connectivity index (χ4v) is 1.59. The summed E-state index contributed by atoms with van der Waals surface area (Å²) in [7, 11) is 0. The lowest BCUT2D eigenvalue weighted by molar-refractivity contribution is 0.549. The van der Waals surface area contributed by atoms with E-state index in [2.05, 4.69) is 10.3 Å². The second kappa shape index (κ2) is 6.10. The van der Waals surface area contributed by atoms with Crippen molar-refractivity contribution in [1.82, 2.24) is 0 Å². The smallest absolute Gasteiger partial charge is 0.193 e. The van der Waals surface area contributed by atoms with E-state index in [4.69, 9.17) is 5.73 Å². The van der Waals surface area contributed by atoms with Crippen LogP contribution in [0.1, 0.15) is 5.56 Å². The summed E-state index contributed by atoms with van der Waals surface area (Å²) in [4.78, 5) is 3.95. The van der Waals surface area contributed by atoms with Crippen molar-refractivity contribution in [2.75, 3.05) is 5.32 Å². The van der Waals surface area contributed by atoms with Gasteiger partial charge < -0.3 is 11.1 Å². The first-order valence-corrected chi connectivity index (χ1v) is 5.81. The molecule has 0 saturated carbocycles. The van der Waals surface area contributed by atoms with Gasteiger partial charge in [-0.15, -0.1) is 0 Å². The van der Waals surface area contributed by atoms with Crippen LogP contribution in [0.3, 0.4) is 0 Å². The van der Waals surface area contributed by atoms with E-state index in [9.17, 15) is 13.2 Å². The van der Waals surface area contributed by atoms with E-state index in [1.807, 2.05) is 30.3 Å². The number of benzene rings is 2. The molecule has 0 aliphatic heterocycles. The summed E-state index contributed by atoms with van der Waals surface area (Å²) in [5.74, 6) is -3.29. The molecule has 0 saturated heterocycles. The molecular weight excluding hydrogens is 267 g/mol. The number of nitrogens with zero attached hydrogens (tertiary/aromatic N) is 1. The number of hydrogen-bond acceptors (Lipinski definition) is 1. The van der Waals surface area contributed by atoms with Crippen LogP contribution in [0.2, 0.25) is 0 Å². The predicted molar refractivity (Wildman–Crippen MR) is 71.7 cm³/mol. The average molecular weight is 279 g/mol. The van der Waals surface area contributed by atoms with E-state index in [0.29, 0.717) is 12.1 Å². The lowest BCUT2D eigenvalue weighted by Crippen LogP contribution is -2.24. The second-order valence-electron chi connectivity index (χ2n) is 4.06. The van der Waals surface area contributed by atoms with Crippen LogP contribution in [0, 0.1) is 17.5 Å². The van der Waals surface area contributed by atoms with Gasteiger partial charge in [0.25, 0.3) is 0 Å². The maximum atomic E-state index is 13.4. The third kappa shape index (κ3) is 3.50. The molecule has 6 heteroatoms. The second-order valence-corrected chi connectivity index (χ2v) is 4.06. The van der Waals surface area contributed by atoms with Gasteiger partial charge in [-0.25, -0.2) is 18.2 Å². The molecule has 0 aliphatic rings. The Kier molecular flexibility index (Phi) is 4.24. The Morgan fingerprint density at radius 3 is 2.25 bits per heavy atom. The molecule has 2 rings (SSSR count). The summed E-state index contributed by atoms with van der Waals surface area (Å²) in [6.45, 7) is 0.268. The molecule has 0 unspecified atom stereocenters. The normalized spacial score (nSPS) is 11.4. The van der Waals surface area contributed by atoms with Crippen LogP contribution in [-0.4, -0.2) is 5.96 Å². The lowest BCUT2D eigenvalue weighted by atomic mass is 10.2. The fraction of sp³-hybridized carbons (Fsp3) is 0.0714. The number of nitrogens with one attached hydrogen (secondary N) is 1. The number of guanidine groups is 1. The summed E-state index contributed by atoms with van der Waals surface area (Å²) in [6, 6.07) is 10.4. The molecular formula is C14H12F3N3. The molecule has 0 aliphatic carbocycles. The Morgan fingerprint density at radius 1 is 1.05 bits per heavy atom. The topological polar surface area (TPSA) is 50.4 Å². The quantitative estimate of drug-likeness (QED) is 0.670. The van der Waals surface area contributed by atoms with E-state index < -0.39 is 23.1 Å². The summed E-state index contributed by atoms with van der Waals surface area (Å²) in [6.07, 6.45) is 0. The summed E-state index contributed by atoms with van der Waals surface area (Å²) >= 11 is 0. The van der Waals surface area contributed by atoms with E-state index in [-0.39, 0.29) is 12.5 Å². The van der Waals surface area contributed by atoms with Crippen molar-refractivity contribution in [2.24, 2.45) is 10.7 Å². The molecule has 0 heterocycles. The fourth-order valence-electron chi connectivity index (χ4n) is 1.59. The SMILES string of the molecule is NC(=NCc1ccccc1)Nc1c(F)cc(F)cc1F. The molecule has 0 spiro atoms. The Labute approximate surface area is 114 Å². The number of hydrogen-bond donors (Lipinski definition) is 2. The number of rotatable bonds is 3. The minimum atomic E-state index is -1.07. The number of nitrogens with two attached hydrogens (primary N) is 1. The first-order chi connectivity index (χ1) is 9.56. The highest BCUT2D eigenvalue weighted by Crippen LogP contribution is 2.19. The van der Waals surface area contributed by atoms with Gasteiger partial charge in [-0.1, -0.05) is 30.3 Å². The van der Waals surface area contributed by atoms with Gasteiger partial charge in [0.15, 0.2) is 17.6 Å². The summed E-state index contributed by atoms with van der Waals surface area (Å²) < 4.78 is 39.5. The van der Waals surface area contributed by atoms with E-state index in [0.717, 1.165) is 5.56 Å². The zero-order valence-corrected chi connectivity index (χ0v) is 10.4. The van der Waals surface area contributed by atoms with Crippen molar-refractivity contribution in [3.05, 3.63) is 65.5 Å². The molecule has 0 amide bonds. The van der Waals surface area contributed by atoms with Crippen molar-refractivity contribution < 1.29 is 13.2 Å². The van der Waals surface area contributed by atoms with E-state index in [1.54, 1.807) is 0 Å². The molecule has 20 heavy (non-hydrogen) atoms. The molecule has 104 valence electrons. The molecule has 0 atom stereocenters. The van der Waals surface area contributed by atoms with Crippen molar-refractivity contribution in [2.45, 2.75) is 6.54 Å². The van der Waals surface area contributed by atoms with Crippen LogP contribution >= 0.6 is 0 Å². The third-order valence-corrected chi connectivity index (χ3v) is 2.53. The minimum absolute atomic E-state index is 0.154. The monoisotopic (exact) mass is 279 g/mol. The van der Waals surface area contributed by atoms with Gasteiger partial charge in [0.2, 0.25) is 0 Å².